The van der Waals surface area contributed by atoms with Crippen LogP contribution in [0.5, 0.6) is 0 Å². The molecule has 0 bridgehead atoms. The van der Waals surface area contributed by atoms with Crippen molar-refractivity contribution in [2.24, 2.45) is 5.73 Å². The van der Waals surface area contributed by atoms with Crippen LogP contribution in [0.2, 0.25) is 0 Å². The third kappa shape index (κ3) is 2.44. The lowest BCUT2D eigenvalue weighted by Crippen LogP contribution is -2.40. The minimum atomic E-state index is -0.693. The minimum Gasteiger partial charge on any atom is -0.361 e. The summed E-state index contributed by atoms with van der Waals surface area (Å²) >= 11 is 0. The van der Waals surface area contributed by atoms with Crippen molar-refractivity contribution in [2.45, 2.75) is 12.5 Å². The predicted molar refractivity (Wildman–Crippen MR) is 64.6 cm³/mol. The monoisotopic (exact) mass is 231 g/mol. The van der Waals surface area contributed by atoms with E-state index in [4.69, 9.17) is 5.73 Å². The first kappa shape index (κ1) is 11.2. The van der Waals surface area contributed by atoms with Crippen molar-refractivity contribution < 1.29 is 9.59 Å². The average Bonchev–Trinajstić information content (AvgIpc) is 2.71. The van der Waals surface area contributed by atoms with Gasteiger partial charge in [-0.2, -0.15) is 0 Å². The van der Waals surface area contributed by atoms with Crippen molar-refractivity contribution in [1.29, 1.82) is 0 Å². The number of primary amides is 1. The Balaban J connectivity index is 2.22. The zero-order chi connectivity index (χ0) is 12.3. The Morgan fingerprint density at radius 1 is 1.47 bits per heavy atom. The average molecular weight is 231 g/mol. The fourth-order valence-corrected chi connectivity index (χ4v) is 1.85. The van der Waals surface area contributed by atoms with Gasteiger partial charge in [0.2, 0.25) is 0 Å². The van der Waals surface area contributed by atoms with Gasteiger partial charge in [-0.05, 0) is 11.6 Å². The fraction of sp³-hybridized carbons (Fsp3) is 0.167. The van der Waals surface area contributed by atoms with Gasteiger partial charge in [-0.25, -0.2) is 4.79 Å². The van der Waals surface area contributed by atoms with Gasteiger partial charge in [0.15, 0.2) is 0 Å². The molecule has 2 aromatic rings. The number of carbonyl (C=O) groups is 2. The summed E-state index contributed by atoms with van der Waals surface area (Å²) in [6, 6.07) is 6.50. The van der Waals surface area contributed by atoms with Crippen molar-refractivity contribution in [2.75, 3.05) is 0 Å². The summed E-state index contributed by atoms with van der Waals surface area (Å²) in [5.41, 5.74) is 6.98. The molecule has 0 aliphatic carbocycles. The fourth-order valence-electron chi connectivity index (χ4n) is 1.85. The van der Waals surface area contributed by atoms with Crippen LogP contribution < -0.4 is 11.1 Å². The Bertz CT molecular complexity index is 547. The molecule has 17 heavy (non-hydrogen) atoms. The maximum absolute atomic E-state index is 10.8. The molecule has 1 aromatic carbocycles. The molecule has 88 valence electrons. The minimum absolute atomic E-state index is 0.427. The predicted octanol–water partition coefficient (Wildman–Crippen LogP) is 0.946. The van der Waals surface area contributed by atoms with Crippen molar-refractivity contribution in [3.8, 4) is 0 Å². The molecule has 2 amide bonds. The largest absolute Gasteiger partial charge is 0.361 e. The van der Waals surface area contributed by atoms with Crippen LogP contribution in [0, 0.1) is 0 Å². The highest BCUT2D eigenvalue weighted by molar-refractivity contribution is 5.84. The number of hydrogen-bond acceptors (Lipinski definition) is 2. The number of rotatable bonds is 4. The molecule has 0 aliphatic heterocycles. The molecule has 0 aliphatic rings. The van der Waals surface area contributed by atoms with Crippen LogP contribution in [-0.2, 0) is 11.2 Å². The summed E-state index contributed by atoms with van der Waals surface area (Å²) in [5, 5.41) is 3.44. The molecule has 5 heteroatoms. The highest BCUT2D eigenvalue weighted by Gasteiger charge is 2.12. The molecule has 1 atom stereocenters. The molecule has 5 nitrogen and oxygen atoms in total. The van der Waals surface area contributed by atoms with Gasteiger partial charge in [0, 0.05) is 23.5 Å². The number of hydrogen-bond donors (Lipinski definition) is 3. The number of para-hydroxylation sites is 1. The van der Waals surface area contributed by atoms with Crippen LogP contribution in [0.15, 0.2) is 30.5 Å². The van der Waals surface area contributed by atoms with Gasteiger partial charge < -0.3 is 20.8 Å². The number of aldehydes is 1. The molecule has 2 rings (SSSR count). The molecule has 1 aromatic heterocycles. The quantitative estimate of drug-likeness (QED) is 0.684. The second-order valence-corrected chi connectivity index (χ2v) is 3.81. The third-order valence-electron chi connectivity index (χ3n) is 2.61. The van der Waals surface area contributed by atoms with E-state index >= 15 is 0 Å². The maximum atomic E-state index is 10.8. The van der Waals surface area contributed by atoms with Crippen LogP contribution in [0.4, 0.5) is 4.79 Å². The molecule has 0 fully saturated rings. The van der Waals surface area contributed by atoms with E-state index in [1.54, 1.807) is 0 Å². The second-order valence-electron chi connectivity index (χ2n) is 3.81. The van der Waals surface area contributed by atoms with Gasteiger partial charge in [-0.3, -0.25) is 0 Å². The molecule has 0 unspecified atom stereocenters. The van der Waals surface area contributed by atoms with Crippen LogP contribution in [0.25, 0.3) is 10.9 Å². The number of nitrogens with one attached hydrogen (secondary N) is 2. The topological polar surface area (TPSA) is 88.0 Å². The standard InChI is InChI=1S/C12H13N3O2/c13-12(17)15-9(7-16)5-8-6-14-11-4-2-1-3-10(8)11/h1-4,6-7,9,14H,5H2,(H3,13,15,17)/t9-/m0/s1. The molecule has 0 saturated heterocycles. The Hall–Kier alpha value is -2.30. The summed E-state index contributed by atoms with van der Waals surface area (Å²) in [5.74, 6) is 0. The first-order valence-corrected chi connectivity index (χ1v) is 5.27. The van der Waals surface area contributed by atoms with E-state index in [9.17, 15) is 9.59 Å². The first-order chi connectivity index (χ1) is 8.20. The van der Waals surface area contributed by atoms with Crippen LogP contribution in [-0.4, -0.2) is 23.3 Å². The highest BCUT2D eigenvalue weighted by atomic mass is 16.2. The Morgan fingerprint density at radius 3 is 2.94 bits per heavy atom. The maximum Gasteiger partial charge on any atom is 0.312 e. The zero-order valence-corrected chi connectivity index (χ0v) is 9.14. The lowest BCUT2D eigenvalue weighted by atomic mass is 10.1. The molecular weight excluding hydrogens is 218 g/mol. The van der Waals surface area contributed by atoms with Crippen molar-refractivity contribution in [3.05, 3.63) is 36.0 Å². The van der Waals surface area contributed by atoms with Crippen molar-refractivity contribution >= 4 is 23.2 Å². The summed E-state index contributed by atoms with van der Waals surface area (Å²) in [6.07, 6.45) is 2.95. The van der Waals surface area contributed by atoms with Crippen LogP contribution in [0.1, 0.15) is 5.56 Å². The van der Waals surface area contributed by atoms with E-state index in [1.165, 1.54) is 0 Å². The van der Waals surface area contributed by atoms with Crippen LogP contribution in [0.3, 0.4) is 0 Å². The summed E-state index contributed by atoms with van der Waals surface area (Å²) in [4.78, 5) is 24.6. The van der Waals surface area contributed by atoms with Crippen molar-refractivity contribution in [3.63, 3.8) is 0 Å². The lowest BCUT2D eigenvalue weighted by molar-refractivity contribution is -0.109. The highest BCUT2D eigenvalue weighted by Crippen LogP contribution is 2.18. The summed E-state index contributed by atoms with van der Waals surface area (Å²) in [7, 11) is 0. The molecule has 0 saturated carbocycles. The molecule has 4 N–H and O–H groups in total. The molecular formula is C12H13N3O2. The summed E-state index contributed by atoms with van der Waals surface area (Å²) in [6.45, 7) is 0. The van der Waals surface area contributed by atoms with Crippen LogP contribution >= 0.6 is 0 Å². The van der Waals surface area contributed by atoms with E-state index in [2.05, 4.69) is 10.3 Å². The SMILES string of the molecule is NC(=O)N[C@H](C=O)Cc1c[nH]c2ccccc12. The number of carbonyl (C=O) groups excluding carboxylic acids is 2. The number of aromatic nitrogens is 1. The summed E-state index contributed by atoms with van der Waals surface area (Å²) < 4.78 is 0. The Morgan fingerprint density at radius 2 is 2.24 bits per heavy atom. The number of nitrogens with two attached hydrogens (primary N) is 1. The van der Waals surface area contributed by atoms with Gasteiger partial charge in [-0.1, -0.05) is 18.2 Å². The number of urea groups is 1. The normalized spacial score (nSPS) is 12.2. The number of aromatic amines is 1. The Labute approximate surface area is 98.0 Å². The van der Waals surface area contributed by atoms with E-state index in [0.717, 1.165) is 16.5 Å². The van der Waals surface area contributed by atoms with Gasteiger partial charge in [0.1, 0.15) is 6.29 Å². The first-order valence-electron chi connectivity index (χ1n) is 5.27. The number of fused-ring (bicyclic) bond motifs is 1. The second kappa shape index (κ2) is 4.69. The van der Waals surface area contributed by atoms with E-state index in [1.807, 2.05) is 30.5 Å². The zero-order valence-electron chi connectivity index (χ0n) is 9.14. The van der Waals surface area contributed by atoms with Gasteiger partial charge >= 0.3 is 6.03 Å². The smallest absolute Gasteiger partial charge is 0.312 e. The molecule has 1 heterocycles. The van der Waals surface area contributed by atoms with Gasteiger partial charge in [0.05, 0.1) is 6.04 Å². The van der Waals surface area contributed by atoms with E-state index in [-0.39, 0.29) is 0 Å². The number of H-pyrrole nitrogens is 1. The van der Waals surface area contributed by atoms with Crippen molar-refractivity contribution in [1.82, 2.24) is 10.3 Å². The third-order valence-corrected chi connectivity index (χ3v) is 2.61. The molecule has 0 radical (unpaired) electrons. The van der Waals surface area contributed by atoms with Gasteiger partial charge in [0.25, 0.3) is 0 Å². The lowest BCUT2D eigenvalue weighted by Gasteiger charge is -2.09. The Kier molecular flexibility index (Phi) is 3.09. The van der Waals surface area contributed by atoms with E-state index in [0.29, 0.717) is 12.7 Å². The number of benzene rings is 1. The van der Waals surface area contributed by atoms with E-state index < -0.39 is 12.1 Å². The van der Waals surface area contributed by atoms with Gasteiger partial charge in [-0.15, -0.1) is 0 Å². The number of amides is 2. The molecule has 0 spiro atoms.